The zero-order valence-electron chi connectivity index (χ0n) is 25.6. The van der Waals surface area contributed by atoms with Gasteiger partial charge in [0.15, 0.2) is 0 Å². The highest BCUT2D eigenvalue weighted by atomic mass is 35.5. The van der Waals surface area contributed by atoms with Crippen LogP contribution in [0.4, 0.5) is 15.8 Å². The molecule has 0 aliphatic heterocycles. The second-order valence-electron chi connectivity index (χ2n) is 10.7. The van der Waals surface area contributed by atoms with Crippen LogP contribution in [0.25, 0.3) is 6.08 Å². The number of nitrogens with one attached hydrogen (secondary N) is 3. The highest BCUT2D eigenvalue weighted by Gasteiger charge is 2.23. The molecule has 0 aromatic heterocycles. The molecule has 0 fully saturated rings. The van der Waals surface area contributed by atoms with Crippen molar-refractivity contribution in [3.8, 4) is 0 Å². The SMILES string of the molecule is Cc1ccc(NC(=O)C(Sc2ccc(NC(=O)/C(=C/c3c(F)cccc3Cl)NC(=O)c3ccccc3)cc2)c2ccccc2)c(C)c1. The molecule has 5 rings (SSSR count). The fraction of sp³-hybridized carbons (Fsp3) is 0.0789. The Morgan fingerprint density at radius 3 is 2.13 bits per heavy atom. The molecular formula is C38H31ClFN3O3S. The minimum absolute atomic E-state index is 0.0366. The lowest BCUT2D eigenvalue weighted by atomic mass is 10.1. The molecule has 0 aliphatic rings. The average molecular weight is 664 g/mol. The molecule has 0 spiro atoms. The highest BCUT2D eigenvalue weighted by Crippen LogP contribution is 2.37. The third-order valence-electron chi connectivity index (χ3n) is 7.16. The van der Waals surface area contributed by atoms with Gasteiger partial charge in [0.1, 0.15) is 16.8 Å². The van der Waals surface area contributed by atoms with Crippen molar-refractivity contribution in [2.24, 2.45) is 0 Å². The number of hydrogen-bond donors (Lipinski definition) is 3. The number of halogens is 2. The molecule has 0 saturated heterocycles. The normalized spacial score (nSPS) is 11.8. The van der Waals surface area contributed by atoms with Crippen molar-refractivity contribution in [3.05, 3.63) is 166 Å². The molecule has 5 aromatic carbocycles. The standard InChI is InChI=1S/C38H31ClFN3O3S/c1-24-16-21-33(25(2)22-24)42-38(46)35(26-10-5-3-6-11-26)47-29-19-17-28(18-20-29)41-37(45)34(23-30-31(39)14-9-15-32(30)40)43-36(44)27-12-7-4-8-13-27/h3-23,35H,1-2H3,(H,41,45)(H,42,46)(H,43,44)/b34-23-. The molecule has 1 atom stereocenters. The molecular weight excluding hydrogens is 633 g/mol. The summed E-state index contributed by atoms with van der Waals surface area (Å²) in [5.74, 6) is -2.03. The van der Waals surface area contributed by atoms with E-state index in [2.05, 4.69) is 16.0 Å². The van der Waals surface area contributed by atoms with Crippen molar-refractivity contribution in [1.29, 1.82) is 0 Å². The summed E-state index contributed by atoms with van der Waals surface area (Å²) in [6, 6.07) is 34.9. The molecule has 0 saturated carbocycles. The van der Waals surface area contributed by atoms with Crippen molar-refractivity contribution in [3.63, 3.8) is 0 Å². The minimum atomic E-state index is -0.677. The molecule has 5 aromatic rings. The molecule has 236 valence electrons. The second-order valence-corrected chi connectivity index (χ2v) is 12.3. The van der Waals surface area contributed by atoms with Crippen LogP contribution in [0.2, 0.25) is 5.02 Å². The summed E-state index contributed by atoms with van der Waals surface area (Å²) in [6.45, 7) is 3.96. The van der Waals surface area contributed by atoms with Gasteiger partial charge in [-0.1, -0.05) is 83.9 Å². The zero-order valence-corrected chi connectivity index (χ0v) is 27.2. The lowest BCUT2D eigenvalue weighted by molar-refractivity contribution is -0.116. The summed E-state index contributed by atoms with van der Waals surface area (Å²) in [7, 11) is 0. The summed E-state index contributed by atoms with van der Waals surface area (Å²) in [4.78, 5) is 40.7. The Morgan fingerprint density at radius 1 is 0.787 bits per heavy atom. The van der Waals surface area contributed by atoms with E-state index in [9.17, 15) is 18.8 Å². The summed E-state index contributed by atoms with van der Waals surface area (Å²) >= 11 is 7.59. The number of rotatable bonds is 10. The van der Waals surface area contributed by atoms with E-state index in [0.29, 0.717) is 11.3 Å². The van der Waals surface area contributed by atoms with E-state index in [4.69, 9.17) is 11.6 Å². The summed E-state index contributed by atoms with van der Waals surface area (Å²) < 4.78 is 14.6. The van der Waals surface area contributed by atoms with Gasteiger partial charge in [-0.2, -0.15) is 0 Å². The maximum atomic E-state index is 14.6. The Morgan fingerprint density at radius 2 is 1.47 bits per heavy atom. The van der Waals surface area contributed by atoms with Crippen LogP contribution in [0.1, 0.15) is 37.9 Å². The Bertz CT molecular complexity index is 1910. The Kier molecular flexibility index (Phi) is 10.9. The van der Waals surface area contributed by atoms with Crippen LogP contribution in [0, 0.1) is 19.7 Å². The molecule has 47 heavy (non-hydrogen) atoms. The van der Waals surface area contributed by atoms with Gasteiger partial charge < -0.3 is 16.0 Å². The van der Waals surface area contributed by atoms with E-state index in [1.165, 1.54) is 36.0 Å². The number of aryl methyl sites for hydroxylation is 2. The fourth-order valence-electron chi connectivity index (χ4n) is 4.74. The molecule has 0 aliphatic carbocycles. The quantitative estimate of drug-likeness (QED) is 0.103. The molecule has 6 nitrogen and oxygen atoms in total. The zero-order chi connectivity index (χ0) is 33.3. The third-order valence-corrected chi connectivity index (χ3v) is 8.76. The minimum Gasteiger partial charge on any atom is -0.325 e. The van der Waals surface area contributed by atoms with Gasteiger partial charge in [-0.05, 0) is 85.6 Å². The lowest BCUT2D eigenvalue weighted by Gasteiger charge is -2.18. The van der Waals surface area contributed by atoms with Gasteiger partial charge in [0.25, 0.3) is 11.8 Å². The molecule has 3 amide bonds. The monoisotopic (exact) mass is 663 g/mol. The first-order chi connectivity index (χ1) is 22.7. The largest absolute Gasteiger partial charge is 0.325 e. The van der Waals surface area contributed by atoms with Gasteiger partial charge in [0, 0.05) is 27.4 Å². The summed E-state index contributed by atoms with van der Waals surface area (Å²) in [6.07, 6.45) is 1.21. The van der Waals surface area contributed by atoms with Crippen LogP contribution in [-0.2, 0) is 9.59 Å². The first-order valence-electron chi connectivity index (χ1n) is 14.7. The molecule has 3 N–H and O–H groups in total. The van der Waals surface area contributed by atoms with Crippen LogP contribution < -0.4 is 16.0 Å². The number of benzene rings is 5. The van der Waals surface area contributed by atoms with Gasteiger partial charge in [-0.3, -0.25) is 14.4 Å². The van der Waals surface area contributed by atoms with Crippen molar-refractivity contribution >= 4 is 58.5 Å². The summed E-state index contributed by atoms with van der Waals surface area (Å²) in [5.41, 5.74) is 4.19. The van der Waals surface area contributed by atoms with Gasteiger partial charge in [0.05, 0.1) is 5.02 Å². The predicted octanol–water partition coefficient (Wildman–Crippen LogP) is 8.98. The maximum Gasteiger partial charge on any atom is 0.272 e. The first-order valence-corrected chi connectivity index (χ1v) is 16.0. The topological polar surface area (TPSA) is 87.3 Å². The van der Waals surface area contributed by atoms with Crippen LogP contribution in [0.3, 0.4) is 0 Å². The number of carbonyl (C=O) groups is 3. The molecule has 0 bridgehead atoms. The Balaban J connectivity index is 1.35. The van der Waals surface area contributed by atoms with E-state index in [0.717, 1.165) is 27.3 Å². The molecule has 1 unspecified atom stereocenters. The van der Waals surface area contributed by atoms with Crippen LogP contribution in [-0.4, -0.2) is 17.7 Å². The number of hydrogen-bond acceptors (Lipinski definition) is 4. The van der Waals surface area contributed by atoms with Gasteiger partial charge in [-0.15, -0.1) is 11.8 Å². The van der Waals surface area contributed by atoms with Crippen LogP contribution in [0.15, 0.2) is 132 Å². The summed E-state index contributed by atoms with van der Waals surface area (Å²) in [5, 5.41) is 7.95. The third kappa shape index (κ3) is 8.76. The van der Waals surface area contributed by atoms with Gasteiger partial charge >= 0.3 is 0 Å². The van der Waals surface area contributed by atoms with E-state index in [1.54, 1.807) is 54.6 Å². The van der Waals surface area contributed by atoms with Crippen molar-refractivity contribution < 1.29 is 18.8 Å². The first kappa shape index (κ1) is 33.2. The smallest absolute Gasteiger partial charge is 0.272 e. The number of amides is 3. The Hall–Kier alpha value is -5.18. The predicted molar refractivity (Wildman–Crippen MR) is 188 cm³/mol. The molecule has 0 heterocycles. The number of anilines is 2. The molecule has 9 heteroatoms. The van der Waals surface area contributed by atoms with E-state index < -0.39 is 22.9 Å². The van der Waals surface area contributed by atoms with E-state index in [-0.39, 0.29) is 22.2 Å². The highest BCUT2D eigenvalue weighted by molar-refractivity contribution is 8.00. The van der Waals surface area contributed by atoms with Gasteiger partial charge in [0.2, 0.25) is 5.91 Å². The van der Waals surface area contributed by atoms with Crippen molar-refractivity contribution in [1.82, 2.24) is 5.32 Å². The maximum absolute atomic E-state index is 14.6. The van der Waals surface area contributed by atoms with E-state index in [1.807, 2.05) is 62.4 Å². The second kappa shape index (κ2) is 15.4. The lowest BCUT2D eigenvalue weighted by Crippen LogP contribution is -2.30. The Labute approximate surface area is 282 Å². The van der Waals surface area contributed by atoms with Crippen molar-refractivity contribution in [2.45, 2.75) is 24.0 Å². The van der Waals surface area contributed by atoms with Gasteiger partial charge in [-0.25, -0.2) is 4.39 Å². The average Bonchev–Trinajstić information content (AvgIpc) is 3.07. The molecule has 0 radical (unpaired) electrons. The fourth-order valence-corrected chi connectivity index (χ4v) is 5.98. The van der Waals surface area contributed by atoms with Crippen LogP contribution >= 0.6 is 23.4 Å². The van der Waals surface area contributed by atoms with E-state index >= 15 is 0 Å². The van der Waals surface area contributed by atoms with Crippen molar-refractivity contribution in [2.75, 3.05) is 10.6 Å². The number of thioether (sulfide) groups is 1. The number of carbonyl (C=O) groups excluding carboxylic acids is 3. The van der Waals surface area contributed by atoms with Crippen LogP contribution in [0.5, 0.6) is 0 Å².